The Morgan fingerprint density at radius 1 is 1.06 bits per heavy atom. The number of nitrogens with one attached hydrogen (secondary N) is 1. The highest BCUT2D eigenvalue weighted by molar-refractivity contribution is 9.10. The second kappa shape index (κ2) is 12.2. The van der Waals surface area contributed by atoms with Crippen molar-refractivity contribution in [3.05, 3.63) is 64.1 Å². The van der Waals surface area contributed by atoms with Gasteiger partial charge in [0.15, 0.2) is 0 Å². The van der Waals surface area contributed by atoms with Crippen LogP contribution in [0, 0.1) is 6.92 Å². The molecule has 2 aromatic carbocycles. The summed E-state index contributed by atoms with van der Waals surface area (Å²) in [5.74, 6) is -0.422. The fourth-order valence-electron chi connectivity index (χ4n) is 3.41. The van der Waals surface area contributed by atoms with Crippen LogP contribution in [-0.4, -0.2) is 50.5 Å². The van der Waals surface area contributed by atoms with Gasteiger partial charge < -0.3 is 10.2 Å². The van der Waals surface area contributed by atoms with Crippen molar-refractivity contribution in [3.63, 3.8) is 0 Å². The number of carbonyl (C=O) groups is 2. The van der Waals surface area contributed by atoms with Gasteiger partial charge in [0.2, 0.25) is 21.8 Å². The first-order valence-electron chi connectivity index (χ1n) is 10.9. The predicted octanol–water partition coefficient (Wildman–Crippen LogP) is 3.86. The van der Waals surface area contributed by atoms with Gasteiger partial charge in [0.05, 0.1) is 11.9 Å². The van der Waals surface area contributed by atoms with Crippen molar-refractivity contribution in [2.45, 2.75) is 46.2 Å². The highest BCUT2D eigenvalue weighted by Crippen LogP contribution is 2.20. The molecule has 0 heterocycles. The van der Waals surface area contributed by atoms with Crippen LogP contribution in [0.5, 0.6) is 0 Å². The number of sulfonamides is 1. The minimum atomic E-state index is -3.50. The summed E-state index contributed by atoms with van der Waals surface area (Å²) in [6, 6.07) is 14.2. The van der Waals surface area contributed by atoms with E-state index in [1.165, 1.54) is 4.31 Å². The molecule has 0 bridgehead atoms. The highest BCUT2D eigenvalue weighted by Gasteiger charge is 2.26. The largest absolute Gasteiger partial charge is 0.355 e. The summed E-state index contributed by atoms with van der Waals surface area (Å²) < 4.78 is 26.9. The lowest BCUT2D eigenvalue weighted by Gasteiger charge is -2.29. The van der Waals surface area contributed by atoms with Crippen molar-refractivity contribution in [1.29, 1.82) is 0 Å². The van der Waals surface area contributed by atoms with Gasteiger partial charge in [-0.2, -0.15) is 0 Å². The number of rotatable bonds is 11. The Kier molecular flexibility index (Phi) is 9.91. The number of benzene rings is 2. The number of aryl methyl sites for hydroxylation is 1. The van der Waals surface area contributed by atoms with Crippen LogP contribution in [0.15, 0.2) is 53.0 Å². The second-order valence-electron chi connectivity index (χ2n) is 7.99. The summed E-state index contributed by atoms with van der Waals surface area (Å²) in [5, 5.41) is 2.77. The average molecular weight is 539 g/mol. The quantitative estimate of drug-likeness (QED) is 0.471. The number of nitrogens with zero attached hydrogens (tertiary/aromatic N) is 2. The van der Waals surface area contributed by atoms with Crippen LogP contribution in [0.4, 0.5) is 5.69 Å². The van der Waals surface area contributed by atoms with E-state index >= 15 is 0 Å². The molecule has 0 saturated carbocycles. The molecule has 2 rings (SSSR count). The lowest BCUT2D eigenvalue weighted by Crippen LogP contribution is -2.47. The van der Waals surface area contributed by atoms with Crippen molar-refractivity contribution in [2.24, 2.45) is 0 Å². The molecule has 0 unspecified atom stereocenters. The molecule has 0 spiro atoms. The molecule has 2 aromatic rings. The van der Waals surface area contributed by atoms with Gasteiger partial charge in [-0.3, -0.25) is 13.9 Å². The summed E-state index contributed by atoms with van der Waals surface area (Å²) in [5.41, 5.74) is 2.50. The van der Waals surface area contributed by atoms with Crippen molar-refractivity contribution in [1.82, 2.24) is 10.2 Å². The highest BCUT2D eigenvalue weighted by atomic mass is 79.9. The number of halogens is 1. The Bertz CT molecular complexity index is 1040. The van der Waals surface area contributed by atoms with Crippen molar-refractivity contribution in [2.75, 3.05) is 23.7 Å². The molecule has 33 heavy (non-hydrogen) atoms. The standard InChI is InChI=1S/C24H32BrN3O4S/c1-5-26-24(30)19(3)27(17-20-10-12-21(25)13-11-20)23(29)7-6-16-28(33(4,31)32)22-14-8-18(2)9-15-22/h8-15,19H,5-7,16-17H2,1-4H3,(H,26,30)/t19-/m0/s1. The Labute approximate surface area is 205 Å². The molecule has 1 atom stereocenters. The van der Waals surface area contributed by atoms with Crippen molar-refractivity contribution < 1.29 is 18.0 Å². The van der Waals surface area contributed by atoms with E-state index in [0.717, 1.165) is 21.9 Å². The summed E-state index contributed by atoms with van der Waals surface area (Å²) >= 11 is 3.40. The fraction of sp³-hybridized carbons (Fsp3) is 0.417. The lowest BCUT2D eigenvalue weighted by molar-refractivity contribution is -0.140. The minimum Gasteiger partial charge on any atom is -0.355 e. The van der Waals surface area contributed by atoms with Gasteiger partial charge in [-0.15, -0.1) is 0 Å². The van der Waals surface area contributed by atoms with E-state index in [-0.39, 0.29) is 31.3 Å². The zero-order valence-corrected chi connectivity index (χ0v) is 21.9. The number of anilines is 1. The van der Waals surface area contributed by atoms with Gasteiger partial charge in [-0.25, -0.2) is 8.42 Å². The van der Waals surface area contributed by atoms with Crippen LogP contribution in [0.1, 0.15) is 37.8 Å². The van der Waals surface area contributed by atoms with Crippen LogP contribution in [0.3, 0.4) is 0 Å². The molecule has 0 aliphatic rings. The van der Waals surface area contributed by atoms with E-state index in [1.807, 2.05) is 50.2 Å². The Hall–Kier alpha value is -2.39. The third kappa shape index (κ3) is 8.16. The maximum absolute atomic E-state index is 13.1. The Morgan fingerprint density at radius 3 is 2.21 bits per heavy atom. The van der Waals surface area contributed by atoms with E-state index in [9.17, 15) is 18.0 Å². The zero-order chi connectivity index (χ0) is 24.6. The molecule has 0 aromatic heterocycles. The molecular weight excluding hydrogens is 506 g/mol. The van der Waals surface area contributed by atoms with Crippen LogP contribution in [0.25, 0.3) is 0 Å². The van der Waals surface area contributed by atoms with Gasteiger partial charge >= 0.3 is 0 Å². The predicted molar refractivity (Wildman–Crippen MR) is 135 cm³/mol. The summed E-state index contributed by atoms with van der Waals surface area (Å²) in [7, 11) is -3.50. The van der Waals surface area contributed by atoms with Crippen LogP contribution in [0.2, 0.25) is 0 Å². The SMILES string of the molecule is CCNC(=O)[C@H](C)N(Cc1ccc(Br)cc1)C(=O)CCCN(c1ccc(C)cc1)S(C)(=O)=O. The fourth-order valence-corrected chi connectivity index (χ4v) is 4.64. The summed E-state index contributed by atoms with van der Waals surface area (Å²) in [6.07, 6.45) is 1.61. The molecule has 0 saturated heterocycles. The second-order valence-corrected chi connectivity index (χ2v) is 10.8. The lowest BCUT2D eigenvalue weighted by atomic mass is 10.1. The van der Waals surface area contributed by atoms with E-state index in [4.69, 9.17) is 0 Å². The Balaban J connectivity index is 2.13. The van der Waals surface area contributed by atoms with Crippen molar-refractivity contribution in [3.8, 4) is 0 Å². The molecule has 0 fully saturated rings. The van der Waals surface area contributed by atoms with Crippen LogP contribution >= 0.6 is 15.9 Å². The molecule has 180 valence electrons. The third-order valence-corrected chi connectivity index (χ3v) is 6.98. The topological polar surface area (TPSA) is 86.8 Å². The monoisotopic (exact) mass is 537 g/mol. The van der Waals surface area contributed by atoms with Gasteiger partial charge in [0.1, 0.15) is 6.04 Å². The molecule has 1 N–H and O–H groups in total. The molecule has 7 nitrogen and oxygen atoms in total. The maximum Gasteiger partial charge on any atom is 0.242 e. The first-order chi connectivity index (χ1) is 15.5. The smallest absolute Gasteiger partial charge is 0.242 e. The molecule has 0 aliphatic heterocycles. The number of likely N-dealkylation sites (N-methyl/N-ethyl adjacent to an activating group) is 1. The normalized spacial score (nSPS) is 12.2. The Morgan fingerprint density at radius 2 is 1.67 bits per heavy atom. The number of carbonyl (C=O) groups excluding carboxylic acids is 2. The average Bonchev–Trinajstić information content (AvgIpc) is 2.76. The van der Waals surface area contributed by atoms with E-state index < -0.39 is 16.1 Å². The number of hydrogen-bond donors (Lipinski definition) is 1. The number of hydrogen-bond acceptors (Lipinski definition) is 4. The van der Waals surface area contributed by atoms with Gasteiger partial charge in [-0.1, -0.05) is 45.8 Å². The third-order valence-electron chi connectivity index (χ3n) is 5.26. The van der Waals surface area contributed by atoms with Crippen LogP contribution in [-0.2, 0) is 26.2 Å². The number of amides is 2. The molecule has 0 radical (unpaired) electrons. The van der Waals surface area contributed by atoms with Gasteiger partial charge in [-0.05, 0) is 57.0 Å². The van der Waals surface area contributed by atoms with E-state index in [0.29, 0.717) is 18.7 Å². The van der Waals surface area contributed by atoms with Gasteiger partial charge in [0.25, 0.3) is 0 Å². The minimum absolute atomic E-state index is 0.123. The first-order valence-corrected chi connectivity index (χ1v) is 13.5. The summed E-state index contributed by atoms with van der Waals surface area (Å²) in [6.45, 7) is 6.41. The van der Waals surface area contributed by atoms with Crippen molar-refractivity contribution >= 4 is 43.5 Å². The van der Waals surface area contributed by atoms with Gasteiger partial charge in [0, 0.05) is 30.5 Å². The van der Waals surface area contributed by atoms with E-state index in [2.05, 4.69) is 21.2 Å². The molecule has 0 aliphatic carbocycles. The first kappa shape index (κ1) is 26.9. The molecule has 9 heteroatoms. The van der Waals surface area contributed by atoms with Crippen LogP contribution < -0.4 is 9.62 Å². The molecule has 2 amide bonds. The maximum atomic E-state index is 13.1. The molecular formula is C24H32BrN3O4S. The summed E-state index contributed by atoms with van der Waals surface area (Å²) in [4.78, 5) is 27.2. The zero-order valence-electron chi connectivity index (χ0n) is 19.5. The van der Waals surface area contributed by atoms with E-state index in [1.54, 1.807) is 24.0 Å².